The lowest BCUT2D eigenvalue weighted by molar-refractivity contribution is -0.299. The summed E-state index contributed by atoms with van der Waals surface area (Å²) in [5.74, 6) is -10.8. The van der Waals surface area contributed by atoms with E-state index in [1.165, 1.54) is 47.2 Å². The van der Waals surface area contributed by atoms with E-state index in [-0.39, 0.29) is 62.6 Å². The first-order valence-corrected chi connectivity index (χ1v) is 22.4. The van der Waals surface area contributed by atoms with Gasteiger partial charge in [0.1, 0.15) is 41.9 Å². The van der Waals surface area contributed by atoms with Gasteiger partial charge in [0.15, 0.2) is 5.41 Å². The molecule has 0 bridgehead atoms. The lowest BCUT2D eigenvalue weighted by atomic mass is 9.64. The Labute approximate surface area is 389 Å². The number of nitrogens with one attached hydrogen (secondary N) is 4. The zero-order valence-electron chi connectivity index (χ0n) is 37.9. The number of ether oxygens (including phenoxy) is 1. The molecule has 1 aromatic rings. The number of alkyl halides is 6. The number of halogens is 8. The number of benzene rings is 1. The average Bonchev–Trinajstić information content (AvgIpc) is 3.61. The van der Waals surface area contributed by atoms with Gasteiger partial charge in [0, 0.05) is 70.1 Å². The smallest absolute Gasteiger partial charge is 0.385 e. The molecule has 3 aliphatic rings. The van der Waals surface area contributed by atoms with Crippen LogP contribution >= 0.6 is 23.2 Å². The molecule has 15 nitrogen and oxygen atoms in total. The van der Waals surface area contributed by atoms with Crippen molar-refractivity contribution in [3.05, 3.63) is 33.8 Å². The Hall–Kier alpha value is -4.37. The Bertz CT molecular complexity index is 1990. The molecular weight excluding hydrogens is 927 g/mol. The van der Waals surface area contributed by atoms with E-state index in [4.69, 9.17) is 27.9 Å². The summed E-state index contributed by atoms with van der Waals surface area (Å²) in [6, 6.07) is -2.81. The Morgan fingerprint density at radius 2 is 1.70 bits per heavy atom. The van der Waals surface area contributed by atoms with Crippen LogP contribution in [0.4, 0.5) is 26.3 Å². The van der Waals surface area contributed by atoms with Crippen molar-refractivity contribution in [1.82, 2.24) is 36.0 Å². The average molecular weight is 987 g/mol. The van der Waals surface area contributed by atoms with Gasteiger partial charge in [-0.25, -0.2) is 13.2 Å². The standard InChI is InChI=1S/C43H59Cl2F6N7O8/c1-23(2)16-29-37(63)57(6)31(18-24-17-25(44)11-12-27(24)45)35(61)55-40(3,4)38(64)52-14-9-8-10-30(33(59)54-29)56(5)36(62)28(13-15-66-7)53-34(60)32-19-26(46)20-58(32)39(65)41(43(49,50)51)21-42(47,48)22-41/h11-12,17,23,26,28-32H,8-10,13-16,18-22H2,1-7H3,(H,52,64)(H,53,60)(H,54,59)(H,55,61)/t26-,28+,29+,30+,31+,32+/m1/s1. The summed E-state index contributed by atoms with van der Waals surface area (Å²) in [5.41, 5.74) is -4.61. The number of likely N-dealkylation sites (N-methyl/N-ethyl adjacent to an activating group) is 2. The van der Waals surface area contributed by atoms with Gasteiger partial charge in [-0.1, -0.05) is 37.0 Å². The predicted octanol–water partition coefficient (Wildman–Crippen LogP) is 4.35. The molecule has 0 unspecified atom stereocenters. The van der Waals surface area contributed by atoms with Crippen LogP contribution < -0.4 is 21.3 Å². The number of carbonyl (C=O) groups excluding carboxylic acids is 7. The first kappa shape index (κ1) is 54.2. The molecule has 0 aromatic heterocycles. The zero-order valence-corrected chi connectivity index (χ0v) is 39.4. The molecular formula is C43H59Cl2F6N7O8. The number of hydrogen-bond donors (Lipinski definition) is 4. The second kappa shape index (κ2) is 21.7. The fourth-order valence-electron chi connectivity index (χ4n) is 8.51. The molecule has 4 rings (SSSR count). The van der Waals surface area contributed by atoms with Gasteiger partial charge in [-0.05, 0) is 75.6 Å². The molecule has 2 aliphatic heterocycles. The molecule has 1 aliphatic carbocycles. The summed E-state index contributed by atoms with van der Waals surface area (Å²) in [4.78, 5) is 100. The fraction of sp³-hybridized carbons (Fsp3) is 0.698. The number of likely N-dealkylation sites (tertiary alicyclic amines) is 1. The number of amides is 7. The van der Waals surface area contributed by atoms with Crippen LogP contribution in [0.5, 0.6) is 0 Å². The van der Waals surface area contributed by atoms with E-state index in [1.54, 1.807) is 19.9 Å². The van der Waals surface area contributed by atoms with E-state index in [2.05, 4.69) is 21.3 Å². The second-order valence-corrected chi connectivity index (χ2v) is 19.2. The Morgan fingerprint density at radius 1 is 1.05 bits per heavy atom. The SMILES string of the molecule is COCC[C@H](NC(=O)[C@@H]1C[C@@H](F)CN1C(=O)C1(C(F)(F)F)CC(F)(F)C1)C(=O)N(C)[C@H]1CCCCNC(=O)C(C)(C)NC(=O)[C@H](Cc2cc(Cl)ccc2Cl)N(C)C(=O)[C@H](CC(C)C)NC1=O. The van der Waals surface area contributed by atoms with Crippen molar-refractivity contribution in [3.8, 4) is 0 Å². The minimum Gasteiger partial charge on any atom is -0.385 e. The van der Waals surface area contributed by atoms with Crippen molar-refractivity contribution in [3.63, 3.8) is 0 Å². The maximum atomic E-state index is 14.9. The van der Waals surface area contributed by atoms with Crippen LogP contribution in [0.25, 0.3) is 0 Å². The molecule has 4 N–H and O–H groups in total. The Kier molecular flexibility index (Phi) is 17.8. The molecule has 3 fully saturated rings. The summed E-state index contributed by atoms with van der Waals surface area (Å²) < 4.78 is 90.3. The van der Waals surface area contributed by atoms with Gasteiger partial charge in [-0.15, -0.1) is 0 Å². The molecule has 0 radical (unpaired) electrons. The number of rotatable bonds is 12. The predicted molar refractivity (Wildman–Crippen MR) is 230 cm³/mol. The Balaban J connectivity index is 1.66. The van der Waals surface area contributed by atoms with Crippen LogP contribution in [0.1, 0.15) is 84.6 Å². The minimum absolute atomic E-state index is 0.0536. The molecule has 0 spiro atoms. The first-order valence-electron chi connectivity index (χ1n) is 21.6. The van der Waals surface area contributed by atoms with Crippen LogP contribution in [0.15, 0.2) is 18.2 Å². The van der Waals surface area contributed by atoms with Gasteiger partial charge >= 0.3 is 6.18 Å². The highest BCUT2D eigenvalue weighted by Gasteiger charge is 2.75. The monoisotopic (exact) mass is 985 g/mol. The summed E-state index contributed by atoms with van der Waals surface area (Å²) in [5, 5.41) is 11.2. The van der Waals surface area contributed by atoms with Crippen molar-refractivity contribution >= 4 is 64.6 Å². The van der Waals surface area contributed by atoms with Crippen molar-refractivity contribution in [1.29, 1.82) is 0 Å². The molecule has 2 saturated heterocycles. The van der Waals surface area contributed by atoms with Crippen LogP contribution in [0.3, 0.4) is 0 Å². The fourth-order valence-corrected chi connectivity index (χ4v) is 8.89. The molecule has 2 heterocycles. The van der Waals surface area contributed by atoms with E-state index in [9.17, 15) is 59.9 Å². The van der Waals surface area contributed by atoms with E-state index in [1.807, 2.05) is 0 Å². The largest absolute Gasteiger partial charge is 0.403 e. The van der Waals surface area contributed by atoms with Gasteiger partial charge < -0.3 is 40.7 Å². The molecule has 7 amide bonds. The van der Waals surface area contributed by atoms with E-state index >= 15 is 0 Å². The third kappa shape index (κ3) is 12.8. The van der Waals surface area contributed by atoms with Gasteiger partial charge in [0.2, 0.25) is 41.4 Å². The molecule has 66 heavy (non-hydrogen) atoms. The minimum atomic E-state index is -5.44. The second-order valence-electron chi connectivity index (χ2n) is 18.4. The van der Waals surface area contributed by atoms with Crippen LogP contribution in [0.2, 0.25) is 10.0 Å². The third-order valence-corrected chi connectivity index (χ3v) is 12.9. The number of hydrogen-bond acceptors (Lipinski definition) is 8. The van der Waals surface area contributed by atoms with Gasteiger partial charge in [-0.3, -0.25) is 33.6 Å². The van der Waals surface area contributed by atoms with Crippen molar-refractivity contribution in [2.24, 2.45) is 11.3 Å². The maximum absolute atomic E-state index is 14.9. The summed E-state index contributed by atoms with van der Waals surface area (Å²) in [7, 11) is 3.87. The molecule has 1 aromatic carbocycles. The highest BCUT2D eigenvalue weighted by atomic mass is 35.5. The Morgan fingerprint density at radius 3 is 2.29 bits per heavy atom. The van der Waals surface area contributed by atoms with Crippen molar-refractivity contribution in [2.75, 3.05) is 40.9 Å². The number of methoxy groups -OCH3 is 1. The quantitative estimate of drug-likeness (QED) is 0.223. The van der Waals surface area contributed by atoms with E-state index in [0.717, 1.165) is 9.80 Å². The summed E-state index contributed by atoms with van der Waals surface area (Å²) >= 11 is 12.7. The number of carbonyl (C=O) groups is 7. The van der Waals surface area contributed by atoms with Crippen molar-refractivity contribution < 1.29 is 64.6 Å². The number of nitrogens with zero attached hydrogens (tertiary/aromatic N) is 3. The van der Waals surface area contributed by atoms with Gasteiger partial charge in [0.25, 0.3) is 5.92 Å². The van der Waals surface area contributed by atoms with Gasteiger partial charge in [-0.2, -0.15) is 13.2 Å². The topological polar surface area (TPSA) is 187 Å². The van der Waals surface area contributed by atoms with Gasteiger partial charge in [0.05, 0.1) is 6.54 Å². The van der Waals surface area contributed by atoms with E-state index in [0.29, 0.717) is 15.5 Å². The highest BCUT2D eigenvalue weighted by Crippen LogP contribution is 2.61. The van der Waals surface area contributed by atoms with Crippen molar-refractivity contribution in [2.45, 2.75) is 140 Å². The molecule has 1 saturated carbocycles. The summed E-state index contributed by atoms with van der Waals surface area (Å²) in [6.45, 7) is 5.46. The zero-order chi connectivity index (χ0) is 49.7. The maximum Gasteiger partial charge on any atom is 0.403 e. The third-order valence-electron chi connectivity index (χ3n) is 12.3. The van der Waals surface area contributed by atoms with Crippen LogP contribution in [-0.2, 0) is 44.7 Å². The van der Waals surface area contributed by atoms with E-state index < -0.39 is 127 Å². The molecule has 370 valence electrons. The lowest BCUT2D eigenvalue weighted by Gasteiger charge is -2.48. The summed E-state index contributed by atoms with van der Waals surface area (Å²) in [6.07, 6.45) is -11.9. The van der Waals surface area contributed by atoms with Crippen LogP contribution in [0, 0.1) is 11.3 Å². The lowest BCUT2D eigenvalue weighted by Crippen LogP contribution is -2.65. The molecule has 6 atom stereocenters. The van der Waals surface area contributed by atoms with Crippen LogP contribution in [-0.4, -0.2) is 151 Å². The highest BCUT2D eigenvalue weighted by molar-refractivity contribution is 6.33. The normalized spacial score (nSPS) is 25.6. The first-order chi connectivity index (χ1) is 30.6. The molecule has 23 heteroatoms.